The van der Waals surface area contributed by atoms with Crippen molar-refractivity contribution in [1.29, 1.82) is 0 Å². The smallest absolute Gasteiger partial charge is 0.257 e. The molecule has 1 N–H and O–H groups in total. The third-order valence-electron chi connectivity index (χ3n) is 7.76. The van der Waals surface area contributed by atoms with E-state index in [9.17, 15) is 9.59 Å². The number of carbonyl (C=O) groups is 2. The molecule has 1 aromatic heterocycles. The molecule has 2 aliphatic rings. The Morgan fingerprint density at radius 2 is 1.72 bits per heavy atom. The normalized spacial score (nSPS) is 19.9. The predicted molar refractivity (Wildman–Crippen MR) is 153 cm³/mol. The third-order valence-corrected chi connectivity index (χ3v) is 8.59. The lowest BCUT2D eigenvalue weighted by Crippen LogP contribution is -2.51. The SMILES string of the molecule is CCN(C(=O)CC1CCC(c2ccc(C(=O)Nc3nnc(Cc4ccccc4)s3)cc2)CC1)N1CCOCC1. The van der Waals surface area contributed by atoms with Crippen LogP contribution in [0.3, 0.4) is 0 Å². The number of hydrogen-bond acceptors (Lipinski definition) is 7. The summed E-state index contributed by atoms with van der Waals surface area (Å²) in [6.45, 7) is 5.71. The van der Waals surface area contributed by atoms with E-state index in [2.05, 4.69) is 44.8 Å². The monoisotopic (exact) mass is 547 g/mol. The van der Waals surface area contributed by atoms with Crippen LogP contribution in [0.2, 0.25) is 0 Å². The molecule has 5 rings (SSSR count). The zero-order valence-corrected chi connectivity index (χ0v) is 23.4. The average molecular weight is 548 g/mol. The van der Waals surface area contributed by atoms with Crippen LogP contribution in [0.25, 0.3) is 0 Å². The molecule has 2 heterocycles. The van der Waals surface area contributed by atoms with Gasteiger partial charge in [0.15, 0.2) is 0 Å². The van der Waals surface area contributed by atoms with Crippen molar-refractivity contribution in [2.75, 3.05) is 38.2 Å². The molecule has 2 aromatic carbocycles. The highest BCUT2D eigenvalue weighted by Gasteiger charge is 2.28. The molecule has 39 heavy (non-hydrogen) atoms. The Morgan fingerprint density at radius 3 is 2.41 bits per heavy atom. The van der Waals surface area contributed by atoms with Crippen molar-refractivity contribution in [3.05, 3.63) is 76.3 Å². The first-order valence-corrected chi connectivity index (χ1v) is 14.8. The summed E-state index contributed by atoms with van der Waals surface area (Å²) in [6.07, 6.45) is 5.58. The largest absolute Gasteiger partial charge is 0.379 e. The molecule has 206 valence electrons. The average Bonchev–Trinajstić information content (AvgIpc) is 3.41. The first-order chi connectivity index (χ1) is 19.1. The molecule has 0 unspecified atom stereocenters. The molecule has 1 saturated heterocycles. The van der Waals surface area contributed by atoms with E-state index in [-0.39, 0.29) is 11.8 Å². The maximum Gasteiger partial charge on any atom is 0.257 e. The molecule has 2 fully saturated rings. The van der Waals surface area contributed by atoms with E-state index in [0.717, 1.165) is 43.8 Å². The van der Waals surface area contributed by atoms with Gasteiger partial charge >= 0.3 is 0 Å². The maximum atomic E-state index is 13.0. The summed E-state index contributed by atoms with van der Waals surface area (Å²) in [5.74, 6) is 0.971. The fourth-order valence-corrected chi connectivity index (χ4v) is 6.37. The van der Waals surface area contributed by atoms with Crippen molar-refractivity contribution in [3.8, 4) is 0 Å². The van der Waals surface area contributed by atoms with Gasteiger partial charge in [-0.3, -0.25) is 19.9 Å². The molecule has 1 saturated carbocycles. The molecule has 1 aliphatic heterocycles. The van der Waals surface area contributed by atoms with E-state index in [1.54, 1.807) is 0 Å². The Hall–Kier alpha value is -3.14. The maximum absolute atomic E-state index is 13.0. The van der Waals surface area contributed by atoms with Gasteiger partial charge in [-0.1, -0.05) is 53.8 Å². The Labute approximate surface area is 234 Å². The minimum atomic E-state index is -0.174. The van der Waals surface area contributed by atoms with Crippen molar-refractivity contribution >= 4 is 28.3 Å². The molecule has 0 spiro atoms. The first-order valence-electron chi connectivity index (χ1n) is 14.0. The second kappa shape index (κ2) is 13.3. The van der Waals surface area contributed by atoms with E-state index in [1.165, 1.54) is 22.5 Å². The van der Waals surface area contributed by atoms with Crippen LogP contribution in [-0.2, 0) is 16.0 Å². The number of nitrogens with zero attached hydrogens (tertiary/aromatic N) is 4. The van der Waals surface area contributed by atoms with Crippen molar-refractivity contribution < 1.29 is 14.3 Å². The minimum absolute atomic E-state index is 0.174. The molecular formula is C30H37N5O3S. The lowest BCUT2D eigenvalue weighted by molar-refractivity contribution is -0.157. The molecule has 9 heteroatoms. The molecule has 0 bridgehead atoms. The van der Waals surface area contributed by atoms with Crippen molar-refractivity contribution in [3.63, 3.8) is 0 Å². The standard InChI is InChI=1S/C30H37N5O3S/c1-2-35(34-16-18-38-19-17-34)28(36)21-23-8-10-24(11-9-23)25-12-14-26(15-13-25)29(37)31-30-33-32-27(39-30)20-22-6-4-3-5-7-22/h3-7,12-15,23-24H,2,8-11,16-21H2,1H3,(H,31,33,37). The molecule has 3 aromatic rings. The van der Waals surface area contributed by atoms with Gasteiger partial charge in [0.25, 0.3) is 5.91 Å². The second-order valence-electron chi connectivity index (χ2n) is 10.3. The van der Waals surface area contributed by atoms with Gasteiger partial charge in [0.05, 0.1) is 13.2 Å². The molecular weight excluding hydrogens is 510 g/mol. The summed E-state index contributed by atoms with van der Waals surface area (Å²) >= 11 is 1.40. The van der Waals surface area contributed by atoms with Gasteiger partial charge in [-0.05, 0) is 67.7 Å². The number of morpholine rings is 1. The van der Waals surface area contributed by atoms with Gasteiger partial charge in [0.1, 0.15) is 5.01 Å². The van der Waals surface area contributed by atoms with Gasteiger partial charge in [0.2, 0.25) is 11.0 Å². The highest BCUT2D eigenvalue weighted by Crippen LogP contribution is 2.37. The number of nitrogens with one attached hydrogen (secondary N) is 1. The molecule has 8 nitrogen and oxygen atoms in total. The highest BCUT2D eigenvalue weighted by atomic mass is 32.1. The number of hydrogen-bond donors (Lipinski definition) is 1. The lowest BCUT2D eigenvalue weighted by atomic mass is 9.77. The van der Waals surface area contributed by atoms with Crippen LogP contribution in [0.4, 0.5) is 5.13 Å². The van der Waals surface area contributed by atoms with Gasteiger partial charge in [-0.15, -0.1) is 10.2 Å². The summed E-state index contributed by atoms with van der Waals surface area (Å²) in [5.41, 5.74) is 3.04. The number of hydrazine groups is 1. The Balaban J connectivity index is 1.09. The third kappa shape index (κ3) is 7.29. The first kappa shape index (κ1) is 27.4. The van der Waals surface area contributed by atoms with E-state index >= 15 is 0 Å². The Bertz CT molecular complexity index is 1220. The van der Waals surface area contributed by atoms with Gasteiger partial charge in [-0.2, -0.15) is 0 Å². The summed E-state index contributed by atoms with van der Waals surface area (Å²) in [4.78, 5) is 25.8. The van der Waals surface area contributed by atoms with Crippen molar-refractivity contribution in [1.82, 2.24) is 20.2 Å². The predicted octanol–water partition coefficient (Wildman–Crippen LogP) is 5.14. The van der Waals surface area contributed by atoms with Gasteiger partial charge in [-0.25, -0.2) is 5.01 Å². The van der Waals surface area contributed by atoms with Crippen molar-refractivity contribution in [2.45, 2.75) is 51.4 Å². The van der Waals surface area contributed by atoms with Crippen LogP contribution >= 0.6 is 11.3 Å². The summed E-state index contributed by atoms with van der Waals surface area (Å²) in [7, 11) is 0. The topological polar surface area (TPSA) is 87.7 Å². The fraction of sp³-hybridized carbons (Fsp3) is 0.467. The molecule has 1 aliphatic carbocycles. The number of anilines is 1. The van der Waals surface area contributed by atoms with Crippen LogP contribution in [0.1, 0.15) is 71.4 Å². The highest BCUT2D eigenvalue weighted by molar-refractivity contribution is 7.15. The summed E-state index contributed by atoms with van der Waals surface area (Å²) in [5, 5.41) is 16.7. The number of amides is 2. The summed E-state index contributed by atoms with van der Waals surface area (Å²) < 4.78 is 5.44. The number of carbonyl (C=O) groups excluding carboxylic acids is 2. The zero-order valence-electron chi connectivity index (χ0n) is 22.6. The number of rotatable bonds is 9. The van der Waals surface area contributed by atoms with Gasteiger partial charge in [0, 0.05) is 38.0 Å². The molecule has 2 amide bonds. The number of benzene rings is 2. The van der Waals surface area contributed by atoms with Crippen LogP contribution in [0.15, 0.2) is 54.6 Å². The molecule has 0 radical (unpaired) electrons. The summed E-state index contributed by atoms with van der Waals surface area (Å²) in [6, 6.07) is 18.0. The Kier molecular flexibility index (Phi) is 9.34. The zero-order chi connectivity index (χ0) is 27.0. The number of aromatic nitrogens is 2. The van der Waals surface area contributed by atoms with E-state index < -0.39 is 0 Å². The van der Waals surface area contributed by atoms with E-state index in [4.69, 9.17) is 4.74 Å². The van der Waals surface area contributed by atoms with Crippen LogP contribution in [0.5, 0.6) is 0 Å². The Morgan fingerprint density at radius 1 is 1.00 bits per heavy atom. The minimum Gasteiger partial charge on any atom is -0.379 e. The number of ether oxygens (including phenoxy) is 1. The van der Waals surface area contributed by atoms with Crippen LogP contribution in [-0.4, -0.2) is 64.9 Å². The quantitative estimate of drug-likeness (QED) is 0.399. The van der Waals surface area contributed by atoms with Crippen LogP contribution < -0.4 is 5.32 Å². The lowest BCUT2D eigenvalue weighted by Gasteiger charge is -2.38. The second-order valence-corrected chi connectivity index (χ2v) is 11.4. The molecule has 0 atom stereocenters. The van der Waals surface area contributed by atoms with Crippen LogP contribution in [0, 0.1) is 5.92 Å². The van der Waals surface area contributed by atoms with E-state index in [1.807, 2.05) is 42.3 Å². The van der Waals surface area contributed by atoms with Crippen molar-refractivity contribution in [2.24, 2.45) is 5.92 Å². The fourth-order valence-electron chi connectivity index (χ4n) is 5.60. The van der Waals surface area contributed by atoms with Gasteiger partial charge < -0.3 is 4.74 Å². The van der Waals surface area contributed by atoms with E-state index in [0.29, 0.717) is 55.1 Å².